The zero-order valence-corrected chi connectivity index (χ0v) is 17.6. The zero-order valence-electron chi connectivity index (χ0n) is 17.6. The van der Waals surface area contributed by atoms with Gasteiger partial charge in [-0.3, -0.25) is 10.1 Å². The summed E-state index contributed by atoms with van der Waals surface area (Å²) in [6, 6.07) is 7.76. The average Bonchev–Trinajstić information content (AvgIpc) is 3.43. The van der Waals surface area contributed by atoms with E-state index in [-0.39, 0.29) is 0 Å². The lowest BCUT2D eigenvalue weighted by Gasteiger charge is -2.33. The first-order valence-corrected chi connectivity index (χ1v) is 10.5. The molecule has 6 heterocycles. The smallest absolute Gasteiger partial charge is 0.162 e. The molecule has 0 unspecified atom stereocenters. The molecule has 0 aliphatic carbocycles. The van der Waals surface area contributed by atoms with Crippen molar-refractivity contribution >= 4 is 33.6 Å². The number of hydrogen-bond donors (Lipinski definition) is 3. The van der Waals surface area contributed by atoms with Gasteiger partial charge >= 0.3 is 0 Å². The number of pyridine rings is 3. The van der Waals surface area contributed by atoms with Crippen LogP contribution in [-0.2, 0) is 0 Å². The van der Waals surface area contributed by atoms with Gasteiger partial charge in [-0.25, -0.2) is 15.0 Å². The summed E-state index contributed by atoms with van der Waals surface area (Å²) in [6.07, 6.45) is 5.19. The second-order valence-corrected chi connectivity index (χ2v) is 8.07. The second kappa shape index (κ2) is 7.27. The first-order valence-electron chi connectivity index (χ1n) is 10.5. The van der Waals surface area contributed by atoms with E-state index in [1.54, 1.807) is 12.4 Å². The van der Waals surface area contributed by atoms with Crippen LogP contribution < -0.4 is 10.6 Å². The van der Waals surface area contributed by atoms with Crippen LogP contribution >= 0.6 is 0 Å². The lowest BCUT2D eigenvalue weighted by Crippen LogP contribution is -2.44. The third-order valence-electron chi connectivity index (χ3n) is 5.89. The molecule has 0 bridgehead atoms. The van der Waals surface area contributed by atoms with Gasteiger partial charge in [0.1, 0.15) is 11.0 Å². The maximum atomic E-state index is 5.90. The first-order chi connectivity index (χ1) is 15.7. The topological polar surface area (TPSA) is 129 Å². The zero-order chi connectivity index (χ0) is 21.7. The monoisotopic (exact) mass is 426 g/mol. The third-order valence-corrected chi connectivity index (χ3v) is 5.89. The highest BCUT2D eigenvalue weighted by Gasteiger charge is 2.21. The van der Waals surface area contributed by atoms with Crippen LogP contribution in [0.5, 0.6) is 0 Å². The minimum Gasteiger partial charge on any atom is -0.397 e. The number of aromatic nitrogens is 7. The van der Waals surface area contributed by atoms with Gasteiger partial charge in [-0.1, -0.05) is 0 Å². The standard InChI is InChI=1S/C22H22N10/c1-31-6-8-32(9-7-31)17-4-5-25-21-19(17)27-22(28-21)20-18-16(29-30-20)3-2-15(26-18)13-10-14(23)12-24-11-13/h2-5,10-12H,6-9,23H2,1H3,(H,29,30)(H,25,27,28). The minimum absolute atomic E-state index is 0.594. The van der Waals surface area contributed by atoms with E-state index in [0.29, 0.717) is 17.2 Å². The number of nitrogen functional groups attached to an aromatic ring is 1. The Hall–Kier alpha value is -4.05. The highest BCUT2D eigenvalue weighted by Crippen LogP contribution is 2.30. The number of anilines is 2. The van der Waals surface area contributed by atoms with E-state index < -0.39 is 0 Å². The molecule has 4 N–H and O–H groups in total. The Labute approximate surface area is 183 Å². The Balaban J connectivity index is 1.44. The number of fused-ring (bicyclic) bond motifs is 2. The molecule has 0 saturated carbocycles. The van der Waals surface area contributed by atoms with Gasteiger partial charge in [0.2, 0.25) is 0 Å². The molecule has 0 spiro atoms. The van der Waals surface area contributed by atoms with Crippen molar-refractivity contribution in [2.45, 2.75) is 0 Å². The SMILES string of the molecule is CN1CCN(c2ccnc3[nH]c(-c4n[nH]c5ccc(-c6cncc(N)c6)nc45)nc23)CC1. The molecular weight excluding hydrogens is 404 g/mol. The summed E-state index contributed by atoms with van der Waals surface area (Å²) < 4.78 is 0. The lowest BCUT2D eigenvalue weighted by molar-refractivity contribution is 0.313. The highest BCUT2D eigenvalue weighted by molar-refractivity contribution is 5.93. The van der Waals surface area contributed by atoms with Crippen molar-refractivity contribution in [1.29, 1.82) is 0 Å². The summed E-state index contributed by atoms with van der Waals surface area (Å²) in [5.41, 5.74) is 13.0. The van der Waals surface area contributed by atoms with Gasteiger partial charge in [0.05, 0.1) is 22.6 Å². The van der Waals surface area contributed by atoms with Crippen LogP contribution in [0.3, 0.4) is 0 Å². The molecule has 1 aliphatic rings. The Morgan fingerprint density at radius 1 is 1.00 bits per heavy atom. The van der Waals surface area contributed by atoms with E-state index in [2.05, 4.69) is 42.0 Å². The summed E-state index contributed by atoms with van der Waals surface area (Å²) in [4.78, 5) is 26.4. The van der Waals surface area contributed by atoms with Crippen LogP contribution in [0.1, 0.15) is 0 Å². The fourth-order valence-corrected chi connectivity index (χ4v) is 4.13. The summed E-state index contributed by atoms with van der Waals surface area (Å²) >= 11 is 0. The number of nitrogens with one attached hydrogen (secondary N) is 2. The van der Waals surface area contributed by atoms with Crippen molar-refractivity contribution < 1.29 is 0 Å². The number of H-pyrrole nitrogens is 2. The molecule has 5 aromatic rings. The number of piperazine rings is 1. The molecule has 1 aliphatic heterocycles. The summed E-state index contributed by atoms with van der Waals surface area (Å²) in [7, 11) is 2.15. The van der Waals surface area contributed by atoms with Crippen molar-refractivity contribution in [2.75, 3.05) is 43.9 Å². The van der Waals surface area contributed by atoms with Crippen molar-refractivity contribution in [3.8, 4) is 22.8 Å². The van der Waals surface area contributed by atoms with Gasteiger partial charge in [-0.05, 0) is 31.3 Å². The van der Waals surface area contributed by atoms with Crippen molar-refractivity contribution in [3.05, 3.63) is 42.9 Å². The van der Waals surface area contributed by atoms with Crippen LogP contribution in [-0.4, -0.2) is 73.2 Å². The van der Waals surface area contributed by atoms with Crippen molar-refractivity contribution in [2.24, 2.45) is 0 Å². The van der Waals surface area contributed by atoms with Gasteiger partial charge in [0.15, 0.2) is 17.2 Å². The molecule has 6 rings (SSSR count). The number of nitrogens with two attached hydrogens (primary N) is 1. The predicted molar refractivity (Wildman–Crippen MR) is 124 cm³/mol. The van der Waals surface area contributed by atoms with E-state index in [4.69, 9.17) is 15.7 Å². The molecule has 5 aromatic heterocycles. The number of rotatable bonds is 3. The molecule has 10 nitrogen and oxygen atoms in total. The first kappa shape index (κ1) is 18.7. The Morgan fingerprint density at radius 2 is 1.88 bits per heavy atom. The summed E-state index contributed by atoms with van der Waals surface area (Å²) in [6.45, 7) is 3.97. The van der Waals surface area contributed by atoms with Gasteiger partial charge in [-0.2, -0.15) is 5.10 Å². The molecule has 160 valence electrons. The Kier molecular flexibility index (Phi) is 4.25. The normalized spacial score (nSPS) is 15.1. The van der Waals surface area contributed by atoms with E-state index in [1.807, 2.05) is 30.5 Å². The molecule has 0 aromatic carbocycles. The van der Waals surface area contributed by atoms with Gasteiger partial charge in [0, 0.05) is 50.3 Å². The van der Waals surface area contributed by atoms with Crippen LogP contribution in [0, 0.1) is 0 Å². The predicted octanol–water partition coefficient (Wildman–Crippen LogP) is 2.29. The molecule has 32 heavy (non-hydrogen) atoms. The van der Waals surface area contributed by atoms with Gasteiger partial charge in [-0.15, -0.1) is 0 Å². The minimum atomic E-state index is 0.594. The van der Waals surface area contributed by atoms with Gasteiger partial charge in [0.25, 0.3) is 0 Å². The molecule has 10 heteroatoms. The van der Waals surface area contributed by atoms with Crippen molar-refractivity contribution in [1.82, 2.24) is 40.0 Å². The average molecular weight is 426 g/mol. The van der Waals surface area contributed by atoms with Crippen LogP contribution in [0.25, 0.3) is 45.0 Å². The number of hydrogen-bond acceptors (Lipinski definition) is 8. The van der Waals surface area contributed by atoms with Crippen molar-refractivity contribution in [3.63, 3.8) is 0 Å². The van der Waals surface area contributed by atoms with Gasteiger partial charge < -0.3 is 20.5 Å². The molecular formula is C22H22N10. The third kappa shape index (κ3) is 3.12. The number of aromatic amines is 2. The molecule has 0 atom stereocenters. The van der Waals surface area contributed by atoms with E-state index in [1.165, 1.54) is 0 Å². The van der Waals surface area contributed by atoms with E-state index in [0.717, 1.165) is 65.3 Å². The maximum absolute atomic E-state index is 5.90. The number of imidazole rings is 1. The Bertz CT molecular complexity index is 1430. The van der Waals surface area contributed by atoms with Crippen LogP contribution in [0.4, 0.5) is 11.4 Å². The molecule has 1 saturated heterocycles. The highest BCUT2D eigenvalue weighted by atomic mass is 15.3. The number of nitrogens with zero attached hydrogens (tertiary/aromatic N) is 7. The summed E-state index contributed by atoms with van der Waals surface area (Å²) in [5.74, 6) is 0.635. The number of likely N-dealkylation sites (N-methyl/N-ethyl adjacent to an activating group) is 1. The second-order valence-electron chi connectivity index (χ2n) is 8.07. The van der Waals surface area contributed by atoms with Crippen LogP contribution in [0.2, 0.25) is 0 Å². The Morgan fingerprint density at radius 3 is 2.72 bits per heavy atom. The van der Waals surface area contributed by atoms with Crippen LogP contribution in [0.15, 0.2) is 42.9 Å². The maximum Gasteiger partial charge on any atom is 0.162 e. The fraction of sp³-hybridized carbons (Fsp3) is 0.227. The van der Waals surface area contributed by atoms with E-state index in [9.17, 15) is 0 Å². The van der Waals surface area contributed by atoms with E-state index >= 15 is 0 Å². The molecule has 0 amide bonds. The fourth-order valence-electron chi connectivity index (χ4n) is 4.13. The largest absolute Gasteiger partial charge is 0.397 e. The molecule has 0 radical (unpaired) electrons. The quantitative estimate of drug-likeness (QED) is 0.401. The summed E-state index contributed by atoms with van der Waals surface area (Å²) in [5, 5.41) is 7.55. The lowest BCUT2D eigenvalue weighted by atomic mass is 10.1. The molecule has 1 fully saturated rings.